The van der Waals surface area contributed by atoms with Crippen molar-refractivity contribution in [2.24, 2.45) is 0 Å². The molecule has 9 heteroatoms. The van der Waals surface area contributed by atoms with Crippen LogP contribution in [0.4, 0.5) is 45.5 Å². The first-order chi connectivity index (χ1) is 40.9. The largest absolute Gasteiger partial charge is 0.311 e. The van der Waals surface area contributed by atoms with Crippen LogP contribution in [0, 0.1) is 35.8 Å². The van der Waals surface area contributed by atoms with Gasteiger partial charge in [-0.05, 0) is 162 Å². The van der Waals surface area contributed by atoms with Crippen molar-refractivity contribution < 1.29 is 0 Å². The molecule has 2 heterocycles. The van der Waals surface area contributed by atoms with Gasteiger partial charge in [0.2, 0.25) is 0 Å². The number of para-hydroxylation sites is 2. The molecule has 0 aliphatic rings. The van der Waals surface area contributed by atoms with Crippen LogP contribution in [-0.4, -0.2) is 14.5 Å². The Morgan fingerprint density at radius 2 is 0.675 bits per heavy atom. The van der Waals surface area contributed by atoms with E-state index in [0.717, 1.165) is 112 Å². The summed E-state index contributed by atoms with van der Waals surface area (Å²) in [5, 5.41) is 21.0. The highest BCUT2D eigenvalue weighted by Gasteiger charge is 2.21. The number of nitriles is 2. The molecule has 83 heavy (non-hydrogen) atoms. The second kappa shape index (κ2) is 21.9. The third kappa shape index (κ3) is 9.94. The highest BCUT2D eigenvalue weighted by Crippen LogP contribution is 2.44. The van der Waals surface area contributed by atoms with E-state index in [9.17, 15) is 10.5 Å². The third-order valence-corrected chi connectivity index (χ3v) is 14.9. The number of fused-ring (bicyclic) bond motifs is 3. The molecular formula is C74H45N9. The molecule has 13 rings (SSSR count). The zero-order chi connectivity index (χ0) is 56.2. The highest BCUT2D eigenvalue weighted by molar-refractivity contribution is 6.12. The summed E-state index contributed by atoms with van der Waals surface area (Å²) in [7, 11) is 0. The molecule has 11 aromatic carbocycles. The Morgan fingerprint density at radius 3 is 1.06 bits per heavy atom. The van der Waals surface area contributed by atoms with E-state index in [2.05, 4.69) is 194 Å². The fourth-order valence-electron chi connectivity index (χ4n) is 10.7. The van der Waals surface area contributed by atoms with E-state index in [1.165, 1.54) is 0 Å². The van der Waals surface area contributed by atoms with Crippen LogP contribution < -0.4 is 9.80 Å². The Hall–Kier alpha value is -12.1. The maximum Gasteiger partial charge on any atom is 0.187 e. The lowest BCUT2D eigenvalue weighted by atomic mass is 9.98. The van der Waals surface area contributed by atoms with Gasteiger partial charge in [0.25, 0.3) is 0 Å². The summed E-state index contributed by atoms with van der Waals surface area (Å²) >= 11 is 0. The van der Waals surface area contributed by atoms with E-state index in [-0.39, 0.29) is 0 Å². The number of anilines is 6. The molecule has 0 saturated carbocycles. The zero-order valence-corrected chi connectivity index (χ0v) is 44.5. The van der Waals surface area contributed by atoms with Crippen molar-refractivity contribution in [3.63, 3.8) is 0 Å². The number of rotatable bonds is 12. The summed E-state index contributed by atoms with van der Waals surface area (Å²) in [6, 6.07) is 96.2. The summed E-state index contributed by atoms with van der Waals surface area (Å²) in [4.78, 5) is 21.7. The first-order valence-corrected chi connectivity index (χ1v) is 26.9. The average Bonchev–Trinajstić information content (AvgIpc) is 3.27. The van der Waals surface area contributed by atoms with E-state index < -0.39 is 0 Å². The molecular weight excluding hydrogens is 1010 g/mol. The molecule has 0 amide bonds. The second-order valence-corrected chi connectivity index (χ2v) is 19.9. The van der Waals surface area contributed by atoms with Gasteiger partial charge in [-0.15, -0.1) is 0 Å². The summed E-state index contributed by atoms with van der Waals surface area (Å²) in [5.41, 5.74) is 19.6. The van der Waals surface area contributed by atoms with Gasteiger partial charge in [0.15, 0.2) is 17.2 Å². The van der Waals surface area contributed by atoms with Crippen molar-refractivity contribution in [3.05, 3.63) is 307 Å². The smallest absolute Gasteiger partial charge is 0.187 e. The average molecular weight is 1060 g/mol. The van der Waals surface area contributed by atoms with Crippen molar-refractivity contribution in [1.82, 2.24) is 14.5 Å². The van der Waals surface area contributed by atoms with Gasteiger partial charge in [-0.3, -0.25) is 0 Å². The molecule has 0 bridgehead atoms. The van der Waals surface area contributed by atoms with Crippen molar-refractivity contribution in [1.29, 1.82) is 10.5 Å². The van der Waals surface area contributed by atoms with Gasteiger partial charge < -0.3 is 14.4 Å². The SMILES string of the molecule is [C-]#[N+]c1ccc(N(c2ccc([N+]#[C-])cc2)c2ccc3c(c2)c2cc(N(c4ccccc4)c4ccccc4)ccc2n3-c2ccc(-c3ccc(-c4ccc(-c5cc(-c6ccc(C#N)cc6)nc(-c6ccc(C#N)cc6)n5)cc4)cc3)cc2)cc1. The standard InChI is InChI=1S/C74H45N9/c1-77-59-31-37-63(38-32-59)82(64-39-33-60(78-2)34-40-64)67-42-44-73-69(46-67)68-45-66(81(61-9-5-3-6-10-61)62-11-7-4-8-12-62)41-43-72(68)83(73)65-35-29-55(30-36-65)53-23-21-52(22-24-53)54-25-27-57(28-26-54)71-47-70(56-17-13-50(48-75)14-18-56)79-74(80-71)58-19-15-51(49-76)16-20-58/h3-47H. The van der Waals surface area contributed by atoms with E-state index >= 15 is 0 Å². The third-order valence-electron chi connectivity index (χ3n) is 14.9. The first kappa shape index (κ1) is 50.4. The van der Waals surface area contributed by atoms with Crippen LogP contribution in [0.25, 0.3) is 93.3 Å². The van der Waals surface area contributed by atoms with Gasteiger partial charge >= 0.3 is 0 Å². The molecule has 9 nitrogen and oxygen atoms in total. The number of nitrogens with zero attached hydrogens (tertiary/aromatic N) is 9. The van der Waals surface area contributed by atoms with Crippen LogP contribution in [0.5, 0.6) is 0 Å². The molecule has 0 atom stereocenters. The Labute approximate surface area is 480 Å². The molecule has 13 aromatic rings. The predicted molar refractivity (Wildman–Crippen MR) is 335 cm³/mol. The minimum Gasteiger partial charge on any atom is -0.311 e. The maximum absolute atomic E-state index is 9.42. The zero-order valence-electron chi connectivity index (χ0n) is 44.5. The van der Waals surface area contributed by atoms with E-state index in [1.807, 2.05) is 91.0 Å². The monoisotopic (exact) mass is 1060 g/mol. The predicted octanol–water partition coefficient (Wildman–Crippen LogP) is 19.7. The summed E-state index contributed by atoms with van der Waals surface area (Å²) in [6.07, 6.45) is 0. The minimum atomic E-state index is 0.540. The van der Waals surface area contributed by atoms with E-state index in [1.54, 1.807) is 24.3 Å². The lowest BCUT2D eigenvalue weighted by Crippen LogP contribution is -2.09. The minimum absolute atomic E-state index is 0.540. The van der Waals surface area contributed by atoms with Gasteiger partial charge in [-0.1, -0.05) is 133 Å². The van der Waals surface area contributed by atoms with Gasteiger partial charge in [0.1, 0.15) is 0 Å². The molecule has 0 unspecified atom stereocenters. The van der Waals surface area contributed by atoms with Crippen molar-refractivity contribution in [2.75, 3.05) is 9.80 Å². The quantitative estimate of drug-likeness (QED) is 0.113. The Kier molecular flexibility index (Phi) is 13.3. The second-order valence-electron chi connectivity index (χ2n) is 19.9. The van der Waals surface area contributed by atoms with Crippen LogP contribution in [0.3, 0.4) is 0 Å². The van der Waals surface area contributed by atoms with Crippen molar-refractivity contribution in [3.8, 4) is 74.0 Å². The van der Waals surface area contributed by atoms with E-state index in [0.29, 0.717) is 28.3 Å². The molecule has 0 aliphatic carbocycles. The Morgan fingerprint density at radius 1 is 0.337 bits per heavy atom. The van der Waals surface area contributed by atoms with Crippen LogP contribution in [0.2, 0.25) is 0 Å². The van der Waals surface area contributed by atoms with Gasteiger partial charge in [0, 0.05) is 67.3 Å². The number of aromatic nitrogens is 3. The molecule has 2 aromatic heterocycles. The lowest BCUT2D eigenvalue weighted by Gasteiger charge is -2.26. The van der Waals surface area contributed by atoms with Crippen molar-refractivity contribution >= 4 is 67.3 Å². The maximum atomic E-state index is 9.42. The molecule has 0 aliphatic heterocycles. The van der Waals surface area contributed by atoms with Gasteiger partial charge in [-0.2, -0.15) is 10.5 Å². The molecule has 386 valence electrons. The summed E-state index contributed by atoms with van der Waals surface area (Å²) in [5.74, 6) is 0.540. The van der Waals surface area contributed by atoms with Crippen LogP contribution in [0.1, 0.15) is 11.1 Å². The Balaban J connectivity index is 0.846. The highest BCUT2D eigenvalue weighted by atomic mass is 15.2. The fraction of sp³-hybridized carbons (Fsp3) is 0. The normalized spacial score (nSPS) is 10.8. The van der Waals surface area contributed by atoms with Crippen molar-refractivity contribution in [2.45, 2.75) is 0 Å². The van der Waals surface area contributed by atoms with E-state index in [4.69, 9.17) is 23.1 Å². The molecule has 0 saturated heterocycles. The fourth-order valence-corrected chi connectivity index (χ4v) is 10.7. The number of hydrogen-bond acceptors (Lipinski definition) is 6. The molecule has 0 fully saturated rings. The summed E-state index contributed by atoms with van der Waals surface area (Å²) < 4.78 is 2.34. The first-order valence-electron chi connectivity index (χ1n) is 26.9. The number of benzene rings is 11. The lowest BCUT2D eigenvalue weighted by molar-refractivity contribution is 1.18. The number of hydrogen-bond donors (Lipinski definition) is 0. The summed E-state index contributed by atoms with van der Waals surface area (Å²) in [6.45, 7) is 15.3. The Bertz CT molecular complexity index is 4530. The van der Waals surface area contributed by atoms with Crippen LogP contribution in [-0.2, 0) is 0 Å². The van der Waals surface area contributed by atoms with Gasteiger partial charge in [-0.25, -0.2) is 19.7 Å². The molecule has 0 N–H and O–H groups in total. The molecule has 0 radical (unpaired) electrons. The topological polar surface area (TPSA) is 93.5 Å². The molecule has 0 spiro atoms. The van der Waals surface area contributed by atoms with Crippen LogP contribution in [0.15, 0.2) is 273 Å². The van der Waals surface area contributed by atoms with Gasteiger partial charge in [0.05, 0.1) is 58.8 Å². The van der Waals surface area contributed by atoms with Crippen LogP contribution >= 0.6 is 0 Å².